The Labute approximate surface area is 109 Å². The maximum atomic E-state index is 9.37. The first kappa shape index (κ1) is 12.3. The van der Waals surface area contributed by atoms with Crippen molar-refractivity contribution >= 4 is 27.7 Å². The van der Waals surface area contributed by atoms with Gasteiger partial charge in [-0.1, -0.05) is 6.07 Å². The Balaban J connectivity index is 1.78. The second-order valence-corrected chi connectivity index (χ2v) is 6.31. The van der Waals surface area contributed by atoms with Gasteiger partial charge in [0.05, 0.1) is 4.47 Å². The number of halogens is 1. The molecule has 1 atom stereocenters. The van der Waals surface area contributed by atoms with Gasteiger partial charge in [0.1, 0.15) is 5.75 Å². The van der Waals surface area contributed by atoms with Gasteiger partial charge in [0, 0.05) is 18.3 Å². The molecule has 0 spiro atoms. The summed E-state index contributed by atoms with van der Waals surface area (Å²) >= 11 is 5.39. The number of hydrogen-bond donors (Lipinski definition) is 2. The summed E-state index contributed by atoms with van der Waals surface area (Å²) in [7, 11) is 0. The maximum absolute atomic E-state index is 9.37. The highest BCUT2D eigenvalue weighted by molar-refractivity contribution is 9.10. The number of benzene rings is 1. The van der Waals surface area contributed by atoms with Crippen LogP contribution >= 0.6 is 27.7 Å². The minimum absolute atomic E-state index is 0.301. The first-order valence-corrected chi connectivity index (χ1v) is 7.39. The predicted molar refractivity (Wildman–Crippen MR) is 73.0 cm³/mol. The van der Waals surface area contributed by atoms with Crippen LogP contribution in [0.4, 0.5) is 0 Å². The number of thioether (sulfide) groups is 1. The number of phenols is 1. The molecule has 0 aliphatic carbocycles. The van der Waals surface area contributed by atoms with E-state index < -0.39 is 0 Å². The Hall–Kier alpha value is -0.190. The Bertz CT molecular complexity index is 353. The Morgan fingerprint density at radius 2 is 2.38 bits per heavy atom. The number of rotatable bonds is 4. The fraction of sp³-hybridized carbons (Fsp3) is 0.500. The van der Waals surface area contributed by atoms with Gasteiger partial charge in [-0.3, -0.25) is 0 Å². The zero-order valence-corrected chi connectivity index (χ0v) is 11.5. The van der Waals surface area contributed by atoms with E-state index in [-0.39, 0.29) is 0 Å². The highest BCUT2D eigenvalue weighted by Crippen LogP contribution is 2.26. The number of phenolic OH excluding ortho intramolecular Hbond substituents is 1. The summed E-state index contributed by atoms with van der Waals surface area (Å²) in [4.78, 5) is 0. The third-order valence-electron chi connectivity index (χ3n) is 2.74. The third-order valence-corrected chi connectivity index (χ3v) is 4.77. The average molecular weight is 302 g/mol. The van der Waals surface area contributed by atoms with Crippen LogP contribution < -0.4 is 5.32 Å². The van der Waals surface area contributed by atoms with Gasteiger partial charge in [0.2, 0.25) is 0 Å². The summed E-state index contributed by atoms with van der Waals surface area (Å²) in [5.41, 5.74) is 1.20. The van der Waals surface area contributed by atoms with Crippen molar-refractivity contribution in [2.75, 3.05) is 12.3 Å². The van der Waals surface area contributed by atoms with Gasteiger partial charge in [-0.25, -0.2) is 0 Å². The zero-order chi connectivity index (χ0) is 11.4. The minimum atomic E-state index is 0.301. The second kappa shape index (κ2) is 5.94. The van der Waals surface area contributed by atoms with Crippen LogP contribution in [0.1, 0.15) is 18.4 Å². The molecule has 4 heteroatoms. The van der Waals surface area contributed by atoms with Crippen LogP contribution in [-0.4, -0.2) is 22.7 Å². The molecule has 1 aliphatic rings. The summed E-state index contributed by atoms with van der Waals surface area (Å²) in [6.45, 7) is 1.96. The van der Waals surface area contributed by atoms with Crippen LogP contribution in [0.15, 0.2) is 22.7 Å². The molecule has 2 rings (SSSR count). The van der Waals surface area contributed by atoms with Crippen LogP contribution in [0.3, 0.4) is 0 Å². The molecule has 1 saturated heterocycles. The summed E-state index contributed by atoms with van der Waals surface area (Å²) in [6.07, 6.45) is 2.71. The van der Waals surface area contributed by atoms with Crippen LogP contribution in [0.2, 0.25) is 0 Å². The standard InChI is InChI=1S/C12H16BrNOS/c13-11-6-9(3-4-12(11)15)7-14-8-10-2-1-5-16-10/h3-4,6,10,14-15H,1-2,5,7-8H2. The van der Waals surface area contributed by atoms with Crippen LogP contribution in [0.5, 0.6) is 5.75 Å². The fourth-order valence-electron chi connectivity index (χ4n) is 1.84. The van der Waals surface area contributed by atoms with Gasteiger partial charge in [0.25, 0.3) is 0 Å². The molecule has 0 bridgehead atoms. The van der Waals surface area contributed by atoms with E-state index in [1.54, 1.807) is 6.07 Å². The summed E-state index contributed by atoms with van der Waals surface area (Å²) in [6, 6.07) is 5.64. The monoisotopic (exact) mass is 301 g/mol. The van der Waals surface area contributed by atoms with Crippen LogP contribution in [0.25, 0.3) is 0 Å². The van der Waals surface area contributed by atoms with E-state index in [2.05, 4.69) is 33.0 Å². The van der Waals surface area contributed by atoms with Gasteiger partial charge in [-0.05, 0) is 52.2 Å². The predicted octanol–water partition coefficient (Wildman–Crippen LogP) is 3.14. The SMILES string of the molecule is Oc1ccc(CNCC2CCCS2)cc1Br. The summed E-state index contributed by atoms with van der Waals surface area (Å²) in [5.74, 6) is 1.62. The van der Waals surface area contributed by atoms with E-state index >= 15 is 0 Å². The highest BCUT2D eigenvalue weighted by Gasteiger charge is 2.14. The molecule has 88 valence electrons. The minimum Gasteiger partial charge on any atom is -0.507 e. The van der Waals surface area contributed by atoms with E-state index in [1.165, 1.54) is 24.2 Å². The molecule has 2 N–H and O–H groups in total. The molecule has 0 radical (unpaired) electrons. The molecular weight excluding hydrogens is 286 g/mol. The lowest BCUT2D eigenvalue weighted by Gasteiger charge is -2.10. The van der Waals surface area contributed by atoms with E-state index in [1.807, 2.05) is 12.1 Å². The van der Waals surface area contributed by atoms with Gasteiger partial charge in [0.15, 0.2) is 0 Å². The fourth-order valence-corrected chi connectivity index (χ4v) is 3.51. The van der Waals surface area contributed by atoms with Crippen molar-refractivity contribution in [2.45, 2.75) is 24.6 Å². The van der Waals surface area contributed by atoms with Crippen molar-refractivity contribution in [2.24, 2.45) is 0 Å². The van der Waals surface area contributed by atoms with Crippen LogP contribution in [0, 0.1) is 0 Å². The largest absolute Gasteiger partial charge is 0.507 e. The van der Waals surface area contributed by atoms with Crippen LogP contribution in [-0.2, 0) is 6.54 Å². The number of aromatic hydroxyl groups is 1. The molecule has 1 unspecified atom stereocenters. The van der Waals surface area contributed by atoms with Gasteiger partial charge >= 0.3 is 0 Å². The lowest BCUT2D eigenvalue weighted by atomic mass is 10.2. The van der Waals surface area contributed by atoms with Gasteiger partial charge in [-0.2, -0.15) is 11.8 Å². The average Bonchev–Trinajstić information content (AvgIpc) is 2.76. The lowest BCUT2D eigenvalue weighted by molar-refractivity contribution is 0.471. The zero-order valence-electron chi connectivity index (χ0n) is 9.08. The van der Waals surface area contributed by atoms with E-state index in [0.29, 0.717) is 5.75 Å². The Kier molecular flexibility index (Phi) is 4.55. The van der Waals surface area contributed by atoms with Crippen molar-refractivity contribution in [3.05, 3.63) is 28.2 Å². The molecule has 0 amide bonds. The first-order valence-electron chi connectivity index (χ1n) is 5.55. The van der Waals surface area contributed by atoms with Gasteiger partial charge < -0.3 is 10.4 Å². The van der Waals surface area contributed by atoms with E-state index in [0.717, 1.165) is 22.8 Å². The smallest absolute Gasteiger partial charge is 0.129 e. The van der Waals surface area contributed by atoms with Gasteiger partial charge in [-0.15, -0.1) is 0 Å². The molecule has 1 aliphatic heterocycles. The van der Waals surface area contributed by atoms with E-state index in [9.17, 15) is 5.11 Å². The molecule has 0 saturated carbocycles. The molecule has 1 aromatic rings. The maximum Gasteiger partial charge on any atom is 0.129 e. The first-order chi connectivity index (χ1) is 7.75. The molecule has 1 heterocycles. The van der Waals surface area contributed by atoms with Crippen molar-refractivity contribution < 1.29 is 5.11 Å². The van der Waals surface area contributed by atoms with E-state index in [4.69, 9.17) is 0 Å². The second-order valence-electron chi connectivity index (χ2n) is 4.05. The number of hydrogen-bond acceptors (Lipinski definition) is 3. The molecule has 2 nitrogen and oxygen atoms in total. The van der Waals surface area contributed by atoms with Crippen molar-refractivity contribution in [1.82, 2.24) is 5.32 Å². The lowest BCUT2D eigenvalue weighted by Crippen LogP contribution is -2.22. The van der Waals surface area contributed by atoms with Crippen molar-refractivity contribution in [1.29, 1.82) is 0 Å². The van der Waals surface area contributed by atoms with Crippen molar-refractivity contribution in [3.8, 4) is 5.75 Å². The van der Waals surface area contributed by atoms with Crippen molar-refractivity contribution in [3.63, 3.8) is 0 Å². The quantitative estimate of drug-likeness (QED) is 0.896. The Morgan fingerprint density at radius 3 is 3.06 bits per heavy atom. The molecule has 0 aromatic heterocycles. The molecular formula is C12H16BrNOS. The highest BCUT2D eigenvalue weighted by atomic mass is 79.9. The topological polar surface area (TPSA) is 32.3 Å². The molecule has 1 fully saturated rings. The normalized spacial score (nSPS) is 20.2. The molecule has 1 aromatic carbocycles. The number of nitrogens with one attached hydrogen (secondary N) is 1. The summed E-state index contributed by atoms with van der Waals surface area (Å²) < 4.78 is 0.766. The summed E-state index contributed by atoms with van der Waals surface area (Å²) in [5, 5.41) is 13.6. The third kappa shape index (κ3) is 3.40. The molecule has 16 heavy (non-hydrogen) atoms. The Morgan fingerprint density at radius 1 is 1.50 bits per heavy atom.